The molecule has 6 nitrogen and oxygen atoms in total. The van der Waals surface area contributed by atoms with Gasteiger partial charge in [0.1, 0.15) is 0 Å². The standard InChI is InChI=1S/C9H11ClN4O2/c1-14(5-8(11)13-16)9(15)6-2-3-12-4-7(6)10/h2-4,16H,5H2,1H3,(H2,11,13). The van der Waals surface area contributed by atoms with Gasteiger partial charge in [-0.15, -0.1) is 0 Å². The van der Waals surface area contributed by atoms with Crippen LogP contribution in [0, 0.1) is 0 Å². The summed E-state index contributed by atoms with van der Waals surface area (Å²) in [4.78, 5) is 16.9. The first kappa shape index (κ1) is 12.3. The highest BCUT2D eigenvalue weighted by atomic mass is 35.5. The number of hydrogen-bond acceptors (Lipinski definition) is 4. The number of likely N-dealkylation sites (N-methyl/N-ethyl adjacent to an activating group) is 1. The number of halogens is 1. The summed E-state index contributed by atoms with van der Waals surface area (Å²) in [6.07, 6.45) is 2.85. The molecule has 0 saturated carbocycles. The van der Waals surface area contributed by atoms with Crippen molar-refractivity contribution in [3.8, 4) is 0 Å². The number of amides is 1. The summed E-state index contributed by atoms with van der Waals surface area (Å²) in [6.45, 7) is 0.0218. The first-order valence-electron chi connectivity index (χ1n) is 4.37. The van der Waals surface area contributed by atoms with Crippen LogP contribution < -0.4 is 5.73 Å². The van der Waals surface area contributed by atoms with Gasteiger partial charge in [0.2, 0.25) is 0 Å². The molecule has 1 rings (SSSR count). The van der Waals surface area contributed by atoms with E-state index < -0.39 is 0 Å². The lowest BCUT2D eigenvalue weighted by Gasteiger charge is -2.16. The second-order valence-electron chi connectivity index (χ2n) is 3.11. The minimum atomic E-state index is -0.320. The van der Waals surface area contributed by atoms with E-state index in [2.05, 4.69) is 10.1 Å². The van der Waals surface area contributed by atoms with Crippen LogP contribution in [0.2, 0.25) is 5.02 Å². The van der Waals surface area contributed by atoms with Crippen LogP contribution in [0.3, 0.4) is 0 Å². The predicted molar refractivity (Wildman–Crippen MR) is 59.6 cm³/mol. The molecule has 0 aromatic carbocycles. The quantitative estimate of drug-likeness (QED) is 0.351. The number of pyridine rings is 1. The summed E-state index contributed by atoms with van der Waals surface area (Å²) >= 11 is 5.81. The lowest BCUT2D eigenvalue weighted by Crippen LogP contribution is -2.35. The minimum absolute atomic E-state index is 0.0218. The van der Waals surface area contributed by atoms with E-state index in [1.54, 1.807) is 0 Å². The smallest absolute Gasteiger partial charge is 0.255 e. The molecular formula is C9H11ClN4O2. The van der Waals surface area contributed by atoms with E-state index in [9.17, 15) is 4.79 Å². The Morgan fingerprint density at radius 3 is 3.00 bits per heavy atom. The van der Waals surface area contributed by atoms with Crippen molar-refractivity contribution >= 4 is 23.3 Å². The van der Waals surface area contributed by atoms with E-state index in [1.165, 1.54) is 30.4 Å². The highest BCUT2D eigenvalue weighted by molar-refractivity contribution is 6.33. The molecule has 0 aliphatic rings. The third-order valence-electron chi connectivity index (χ3n) is 1.88. The molecule has 0 aliphatic heterocycles. The molecule has 1 aromatic heterocycles. The Labute approximate surface area is 97.3 Å². The summed E-state index contributed by atoms with van der Waals surface area (Å²) in [7, 11) is 1.52. The van der Waals surface area contributed by atoms with E-state index in [0.29, 0.717) is 5.56 Å². The molecule has 1 amide bonds. The molecule has 0 atom stereocenters. The Bertz CT molecular complexity index is 422. The predicted octanol–water partition coefficient (Wildman–Crippen LogP) is 0.553. The van der Waals surface area contributed by atoms with E-state index in [-0.39, 0.29) is 23.3 Å². The molecule has 16 heavy (non-hydrogen) atoms. The molecule has 0 saturated heterocycles. The van der Waals surface area contributed by atoms with Gasteiger partial charge in [-0.25, -0.2) is 0 Å². The van der Waals surface area contributed by atoms with Gasteiger partial charge < -0.3 is 15.8 Å². The van der Waals surface area contributed by atoms with Crippen molar-refractivity contribution in [2.75, 3.05) is 13.6 Å². The zero-order chi connectivity index (χ0) is 12.1. The Morgan fingerprint density at radius 1 is 1.75 bits per heavy atom. The van der Waals surface area contributed by atoms with Crippen LogP contribution in [0.5, 0.6) is 0 Å². The van der Waals surface area contributed by atoms with Crippen molar-refractivity contribution in [2.45, 2.75) is 0 Å². The largest absolute Gasteiger partial charge is 0.409 e. The van der Waals surface area contributed by atoms with Crippen molar-refractivity contribution < 1.29 is 10.0 Å². The third-order valence-corrected chi connectivity index (χ3v) is 2.18. The van der Waals surface area contributed by atoms with Crippen molar-refractivity contribution in [2.24, 2.45) is 10.9 Å². The topological polar surface area (TPSA) is 91.8 Å². The molecule has 0 spiro atoms. The SMILES string of the molecule is CN(CC(N)=NO)C(=O)c1ccncc1Cl. The Kier molecular flexibility index (Phi) is 4.07. The van der Waals surface area contributed by atoms with Gasteiger partial charge in [-0.1, -0.05) is 16.8 Å². The molecule has 86 valence electrons. The van der Waals surface area contributed by atoms with Gasteiger partial charge >= 0.3 is 0 Å². The Morgan fingerprint density at radius 2 is 2.44 bits per heavy atom. The molecule has 1 aromatic rings. The monoisotopic (exact) mass is 242 g/mol. The summed E-state index contributed by atoms with van der Waals surface area (Å²) in [6, 6.07) is 1.51. The molecule has 0 bridgehead atoms. The number of hydrogen-bond donors (Lipinski definition) is 2. The van der Waals surface area contributed by atoms with Gasteiger partial charge in [-0.2, -0.15) is 0 Å². The van der Waals surface area contributed by atoms with Crippen LogP contribution >= 0.6 is 11.6 Å². The lowest BCUT2D eigenvalue weighted by atomic mass is 10.2. The van der Waals surface area contributed by atoms with Crippen molar-refractivity contribution in [3.63, 3.8) is 0 Å². The van der Waals surface area contributed by atoms with Crippen molar-refractivity contribution in [3.05, 3.63) is 29.0 Å². The molecule has 0 aliphatic carbocycles. The zero-order valence-corrected chi connectivity index (χ0v) is 9.35. The summed E-state index contributed by atoms with van der Waals surface area (Å²) in [5.41, 5.74) is 5.61. The number of carbonyl (C=O) groups excluding carboxylic acids is 1. The van der Waals surface area contributed by atoms with Gasteiger partial charge in [0, 0.05) is 19.4 Å². The average molecular weight is 243 g/mol. The van der Waals surface area contributed by atoms with Crippen LogP contribution in [-0.4, -0.2) is 40.4 Å². The van der Waals surface area contributed by atoms with Crippen LogP contribution in [0.25, 0.3) is 0 Å². The summed E-state index contributed by atoms with van der Waals surface area (Å²) in [5, 5.41) is 11.4. The fourth-order valence-electron chi connectivity index (χ4n) is 1.10. The molecule has 3 N–H and O–H groups in total. The van der Waals surface area contributed by atoms with Crippen LogP contribution in [0.4, 0.5) is 0 Å². The highest BCUT2D eigenvalue weighted by Gasteiger charge is 2.15. The summed E-state index contributed by atoms with van der Waals surface area (Å²) in [5.74, 6) is -0.375. The zero-order valence-electron chi connectivity index (χ0n) is 8.59. The van der Waals surface area contributed by atoms with Gasteiger partial charge in [-0.05, 0) is 6.07 Å². The van der Waals surface area contributed by atoms with Gasteiger partial charge in [0.25, 0.3) is 5.91 Å². The van der Waals surface area contributed by atoms with Gasteiger partial charge in [-0.3, -0.25) is 9.78 Å². The number of oxime groups is 1. The maximum Gasteiger partial charge on any atom is 0.255 e. The maximum absolute atomic E-state index is 11.8. The number of nitrogens with zero attached hydrogens (tertiary/aromatic N) is 3. The Balaban J connectivity index is 2.83. The lowest BCUT2D eigenvalue weighted by molar-refractivity contribution is 0.0813. The molecule has 1 heterocycles. The van der Waals surface area contributed by atoms with Crippen molar-refractivity contribution in [1.29, 1.82) is 0 Å². The fourth-order valence-corrected chi connectivity index (χ4v) is 1.30. The number of nitrogens with two attached hydrogens (primary N) is 1. The second-order valence-corrected chi connectivity index (χ2v) is 3.52. The van der Waals surface area contributed by atoms with E-state index >= 15 is 0 Å². The van der Waals surface area contributed by atoms with Crippen LogP contribution in [-0.2, 0) is 0 Å². The third kappa shape index (κ3) is 2.83. The van der Waals surface area contributed by atoms with Crippen LogP contribution in [0.1, 0.15) is 10.4 Å². The summed E-state index contributed by atoms with van der Waals surface area (Å²) < 4.78 is 0. The molecular weight excluding hydrogens is 232 g/mol. The first-order valence-corrected chi connectivity index (χ1v) is 4.75. The van der Waals surface area contributed by atoms with E-state index in [4.69, 9.17) is 22.5 Å². The number of aromatic nitrogens is 1. The van der Waals surface area contributed by atoms with Gasteiger partial charge in [0.15, 0.2) is 5.84 Å². The minimum Gasteiger partial charge on any atom is -0.409 e. The van der Waals surface area contributed by atoms with Crippen molar-refractivity contribution in [1.82, 2.24) is 9.88 Å². The average Bonchev–Trinajstić information content (AvgIpc) is 2.28. The first-order chi connectivity index (χ1) is 7.56. The second kappa shape index (κ2) is 5.32. The highest BCUT2D eigenvalue weighted by Crippen LogP contribution is 2.14. The molecule has 0 radical (unpaired) electrons. The maximum atomic E-state index is 11.8. The fraction of sp³-hybridized carbons (Fsp3) is 0.222. The van der Waals surface area contributed by atoms with Crippen LogP contribution in [0.15, 0.2) is 23.6 Å². The van der Waals surface area contributed by atoms with Gasteiger partial charge in [0.05, 0.1) is 17.1 Å². The molecule has 7 heteroatoms. The molecule has 0 unspecified atom stereocenters. The number of carbonyl (C=O) groups is 1. The van der Waals surface area contributed by atoms with E-state index in [1.807, 2.05) is 0 Å². The molecule has 0 fully saturated rings. The Hall–Kier alpha value is -1.82. The van der Waals surface area contributed by atoms with E-state index in [0.717, 1.165) is 0 Å². The number of amidine groups is 1. The normalized spacial score (nSPS) is 11.2. The number of rotatable bonds is 3.